The summed E-state index contributed by atoms with van der Waals surface area (Å²) in [6.07, 6.45) is 1.56. The summed E-state index contributed by atoms with van der Waals surface area (Å²) in [5.74, 6) is 1.33. The Morgan fingerprint density at radius 3 is 2.91 bits per heavy atom. The quantitative estimate of drug-likeness (QED) is 0.313. The summed E-state index contributed by atoms with van der Waals surface area (Å²) in [6.45, 7) is 4.02. The molecule has 0 radical (unpaired) electrons. The Bertz CT molecular complexity index is 1290. The zero-order valence-electron chi connectivity index (χ0n) is 18.0. The maximum absolute atomic E-state index is 13.1. The number of nitrogens with one attached hydrogen (secondary N) is 2. The van der Waals surface area contributed by atoms with E-state index in [4.69, 9.17) is 9.15 Å². The van der Waals surface area contributed by atoms with Crippen LogP contribution in [0.5, 0.6) is 5.75 Å². The molecule has 0 aliphatic heterocycles. The minimum Gasteiger partial charge on any atom is -0.497 e. The van der Waals surface area contributed by atoms with E-state index in [0.717, 1.165) is 17.0 Å². The van der Waals surface area contributed by atoms with Crippen molar-refractivity contribution in [2.45, 2.75) is 31.6 Å². The Labute approximate surface area is 189 Å². The summed E-state index contributed by atoms with van der Waals surface area (Å²) in [4.78, 5) is 33.4. The number of nitrogens with zero attached hydrogens (tertiary/aromatic N) is 2. The molecule has 0 saturated carbocycles. The predicted molar refractivity (Wildman–Crippen MR) is 123 cm³/mol. The third kappa shape index (κ3) is 4.72. The summed E-state index contributed by atoms with van der Waals surface area (Å²) in [5, 5.41) is 3.44. The van der Waals surface area contributed by atoms with Crippen LogP contribution in [0, 0.1) is 6.92 Å². The van der Waals surface area contributed by atoms with Gasteiger partial charge in [0.2, 0.25) is 5.91 Å². The molecule has 1 aromatic carbocycles. The lowest BCUT2D eigenvalue weighted by Crippen LogP contribution is -2.29. The molecule has 166 valence electrons. The number of fused-ring (bicyclic) bond motifs is 1. The van der Waals surface area contributed by atoms with E-state index >= 15 is 0 Å². The highest BCUT2D eigenvalue weighted by Gasteiger charge is 2.17. The van der Waals surface area contributed by atoms with Gasteiger partial charge in [0.25, 0.3) is 5.56 Å². The van der Waals surface area contributed by atoms with Crippen LogP contribution in [0.4, 0.5) is 0 Å². The normalized spacial score (nSPS) is 12.1. The fourth-order valence-electron chi connectivity index (χ4n) is 3.43. The number of amides is 1. The minimum absolute atomic E-state index is 0.119. The number of thioether (sulfide) groups is 1. The van der Waals surface area contributed by atoms with Gasteiger partial charge in [-0.05, 0) is 49.7 Å². The Kier molecular flexibility index (Phi) is 6.36. The van der Waals surface area contributed by atoms with Crippen molar-refractivity contribution in [1.82, 2.24) is 19.9 Å². The van der Waals surface area contributed by atoms with E-state index in [1.165, 1.54) is 16.3 Å². The second kappa shape index (κ2) is 9.35. The number of carbonyl (C=O) groups is 1. The van der Waals surface area contributed by atoms with Gasteiger partial charge in [0.15, 0.2) is 5.16 Å². The fourth-order valence-corrected chi connectivity index (χ4v) is 4.24. The van der Waals surface area contributed by atoms with E-state index in [0.29, 0.717) is 22.0 Å². The molecule has 1 atom stereocenters. The maximum Gasteiger partial charge on any atom is 0.278 e. The summed E-state index contributed by atoms with van der Waals surface area (Å²) in [6, 6.07) is 12.8. The molecule has 32 heavy (non-hydrogen) atoms. The van der Waals surface area contributed by atoms with Crippen LogP contribution in [0.25, 0.3) is 11.0 Å². The molecule has 0 bridgehead atoms. The highest BCUT2D eigenvalue weighted by atomic mass is 32.2. The van der Waals surface area contributed by atoms with E-state index in [9.17, 15) is 9.59 Å². The first-order valence-corrected chi connectivity index (χ1v) is 11.1. The molecule has 9 heteroatoms. The summed E-state index contributed by atoms with van der Waals surface area (Å²) in [5.41, 5.74) is 2.61. The molecule has 0 unspecified atom stereocenters. The van der Waals surface area contributed by atoms with Gasteiger partial charge in [-0.1, -0.05) is 23.9 Å². The lowest BCUT2D eigenvalue weighted by atomic mass is 10.1. The Morgan fingerprint density at radius 2 is 2.16 bits per heavy atom. The molecule has 0 spiro atoms. The number of aryl methyl sites for hydroxylation is 1. The molecule has 3 aromatic heterocycles. The first-order chi connectivity index (χ1) is 15.4. The van der Waals surface area contributed by atoms with Crippen molar-refractivity contribution in [1.29, 1.82) is 0 Å². The van der Waals surface area contributed by atoms with Gasteiger partial charge in [0.1, 0.15) is 17.0 Å². The summed E-state index contributed by atoms with van der Waals surface area (Å²) < 4.78 is 12.2. The van der Waals surface area contributed by atoms with Crippen LogP contribution in [-0.4, -0.2) is 33.3 Å². The molecule has 0 saturated heterocycles. The molecule has 4 rings (SSSR count). The lowest BCUT2D eigenvalue weighted by molar-refractivity contribution is -0.119. The van der Waals surface area contributed by atoms with E-state index in [2.05, 4.69) is 15.3 Å². The number of benzene rings is 1. The fraction of sp³-hybridized carbons (Fsp3) is 0.261. The van der Waals surface area contributed by atoms with Crippen LogP contribution in [-0.2, 0) is 11.3 Å². The first kappa shape index (κ1) is 21.8. The van der Waals surface area contributed by atoms with Crippen molar-refractivity contribution in [3.63, 3.8) is 0 Å². The van der Waals surface area contributed by atoms with E-state index in [1.54, 1.807) is 25.5 Å². The second-order valence-electron chi connectivity index (χ2n) is 7.43. The molecular weight excluding hydrogens is 428 g/mol. The standard InChI is InChI=1S/C23H24N4O4S/c1-14-10-19-21(24-14)22(29)27(12-18-8-5-9-31-18)23(26-19)32-13-20(28)25-15(2)16-6-4-7-17(11-16)30-3/h4-11,15,24H,12-13H2,1-3H3,(H,25,28)/t15-/m0/s1. The van der Waals surface area contributed by atoms with Crippen molar-refractivity contribution in [3.05, 3.63) is 76.1 Å². The highest BCUT2D eigenvalue weighted by Crippen LogP contribution is 2.21. The number of hydrogen-bond donors (Lipinski definition) is 2. The van der Waals surface area contributed by atoms with Crippen LogP contribution in [0.15, 0.2) is 63.1 Å². The molecule has 0 fully saturated rings. The van der Waals surface area contributed by atoms with E-state index < -0.39 is 0 Å². The second-order valence-corrected chi connectivity index (χ2v) is 8.37. The van der Waals surface area contributed by atoms with Gasteiger partial charge in [-0.15, -0.1) is 0 Å². The minimum atomic E-state index is -0.202. The van der Waals surface area contributed by atoms with Crippen LogP contribution in [0.2, 0.25) is 0 Å². The molecule has 2 N–H and O–H groups in total. The smallest absolute Gasteiger partial charge is 0.278 e. The van der Waals surface area contributed by atoms with Crippen molar-refractivity contribution in [2.24, 2.45) is 0 Å². The summed E-state index contributed by atoms with van der Waals surface area (Å²) in [7, 11) is 1.61. The van der Waals surface area contributed by atoms with Gasteiger partial charge in [0, 0.05) is 5.69 Å². The van der Waals surface area contributed by atoms with E-state index in [-0.39, 0.29) is 29.8 Å². The monoisotopic (exact) mass is 452 g/mol. The number of furan rings is 1. The van der Waals surface area contributed by atoms with Gasteiger partial charge in [-0.25, -0.2) is 4.98 Å². The van der Waals surface area contributed by atoms with Gasteiger partial charge >= 0.3 is 0 Å². The zero-order chi connectivity index (χ0) is 22.7. The highest BCUT2D eigenvalue weighted by molar-refractivity contribution is 7.99. The third-order valence-electron chi connectivity index (χ3n) is 5.04. The van der Waals surface area contributed by atoms with Crippen molar-refractivity contribution in [2.75, 3.05) is 12.9 Å². The topological polar surface area (TPSA) is 102 Å². The number of rotatable bonds is 8. The molecule has 1 amide bonds. The van der Waals surface area contributed by atoms with Crippen molar-refractivity contribution >= 4 is 28.7 Å². The molecular formula is C23H24N4O4S. The number of aromatic nitrogens is 3. The average Bonchev–Trinajstić information content (AvgIpc) is 3.43. The Morgan fingerprint density at radius 1 is 1.31 bits per heavy atom. The maximum atomic E-state index is 13.1. The van der Waals surface area contributed by atoms with Gasteiger partial charge in [-0.3, -0.25) is 14.2 Å². The van der Waals surface area contributed by atoms with Crippen molar-refractivity contribution in [3.8, 4) is 5.75 Å². The first-order valence-electron chi connectivity index (χ1n) is 10.1. The van der Waals surface area contributed by atoms with Gasteiger partial charge in [-0.2, -0.15) is 0 Å². The molecule has 0 aliphatic rings. The molecule has 0 aliphatic carbocycles. The summed E-state index contributed by atoms with van der Waals surface area (Å²) >= 11 is 1.22. The van der Waals surface area contributed by atoms with Crippen LogP contribution < -0.4 is 15.6 Å². The van der Waals surface area contributed by atoms with Crippen LogP contribution >= 0.6 is 11.8 Å². The van der Waals surface area contributed by atoms with Crippen LogP contribution in [0.3, 0.4) is 0 Å². The number of H-pyrrole nitrogens is 1. The van der Waals surface area contributed by atoms with Crippen LogP contribution in [0.1, 0.15) is 30.0 Å². The number of carbonyl (C=O) groups excluding carboxylic acids is 1. The molecule has 4 aromatic rings. The predicted octanol–water partition coefficient (Wildman–Crippen LogP) is 3.65. The Balaban J connectivity index is 1.52. The largest absolute Gasteiger partial charge is 0.497 e. The zero-order valence-corrected chi connectivity index (χ0v) is 18.9. The number of methoxy groups -OCH3 is 1. The SMILES string of the molecule is COc1cccc([C@H](C)NC(=O)CSc2nc3cc(C)[nH]c3c(=O)n2Cc2ccco2)c1. The number of ether oxygens (including phenoxy) is 1. The number of hydrogen-bond acceptors (Lipinski definition) is 6. The van der Waals surface area contributed by atoms with Gasteiger partial charge in [0.05, 0.1) is 37.2 Å². The lowest BCUT2D eigenvalue weighted by Gasteiger charge is -2.15. The van der Waals surface area contributed by atoms with Gasteiger partial charge < -0.3 is 19.5 Å². The Hall–Kier alpha value is -3.46. The van der Waals surface area contributed by atoms with E-state index in [1.807, 2.05) is 44.2 Å². The molecule has 3 heterocycles. The number of aromatic amines is 1. The van der Waals surface area contributed by atoms with Crippen molar-refractivity contribution < 1.29 is 13.9 Å². The molecule has 8 nitrogen and oxygen atoms in total. The third-order valence-corrected chi connectivity index (χ3v) is 6.01. The average molecular weight is 453 g/mol.